The van der Waals surface area contributed by atoms with Gasteiger partial charge in [0.1, 0.15) is 11.5 Å². The Labute approximate surface area is 165 Å². The van der Waals surface area contributed by atoms with Crippen LogP contribution in [0.15, 0.2) is 54.6 Å². The van der Waals surface area contributed by atoms with E-state index in [-0.39, 0.29) is 29.7 Å². The smallest absolute Gasteiger partial charge is 0.266 e. The van der Waals surface area contributed by atoms with E-state index in [1.54, 1.807) is 12.1 Å². The first-order valence-electron chi connectivity index (χ1n) is 9.02. The van der Waals surface area contributed by atoms with Gasteiger partial charge in [-0.05, 0) is 47.9 Å². The van der Waals surface area contributed by atoms with E-state index in [2.05, 4.69) is 20.5 Å². The molecule has 0 aliphatic carbocycles. The number of carbonyl (C=O) groups excluding carboxylic acids is 2. The Bertz CT molecular complexity index is 1190. The van der Waals surface area contributed by atoms with Crippen LogP contribution in [-0.2, 0) is 11.2 Å². The van der Waals surface area contributed by atoms with Crippen molar-refractivity contribution < 1.29 is 14.0 Å². The molecule has 2 aromatic heterocycles. The molecule has 0 aliphatic rings. The number of halogens is 1. The summed E-state index contributed by atoms with van der Waals surface area (Å²) in [5.41, 5.74) is 8.91. The average Bonchev–Trinajstić information content (AvgIpc) is 3.32. The predicted molar refractivity (Wildman–Crippen MR) is 108 cm³/mol. The number of hydrogen-bond acceptors (Lipinski definition) is 3. The summed E-state index contributed by atoms with van der Waals surface area (Å²) in [5, 5.41) is 9.97. The lowest BCUT2D eigenvalue weighted by atomic mass is 10.0. The van der Waals surface area contributed by atoms with Gasteiger partial charge in [-0.25, -0.2) is 4.39 Å². The molecule has 0 aliphatic heterocycles. The molecule has 0 spiro atoms. The number of amides is 2. The summed E-state index contributed by atoms with van der Waals surface area (Å²) in [5.74, 6) is -0.967. The second-order valence-electron chi connectivity index (χ2n) is 6.61. The molecule has 0 bridgehead atoms. The third kappa shape index (κ3) is 3.86. The maximum Gasteiger partial charge on any atom is 0.266 e. The number of H-pyrrole nitrogens is 2. The van der Waals surface area contributed by atoms with Crippen molar-refractivity contribution in [2.45, 2.75) is 12.8 Å². The molecule has 2 amide bonds. The van der Waals surface area contributed by atoms with Crippen LogP contribution in [0.4, 0.5) is 10.2 Å². The third-order valence-corrected chi connectivity index (χ3v) is 4.66. The minimum Gasteiger partial charge on any atom is -0.364 e. The Morgan fingerprint density at radius 2 is 1.86 bits per heavy atom. The van der Waals surface area contributed by atoms with Crippen molar-refractivity contribution in [1.29, 1.82) is 0 Å². The summed E-state index contributed by atoms with van der Waals surface area (Å²) >= 11 is 0. The minimum atomic E-state index is -0.652. The molecule has 2 aromatic carbocycles. The number of rotatable bonds is 6. The highest BCUT2D eigenvalue weighted by atomic mass is 19.1. The average molecular weight is 391 g/mol. The molecule has 5 N–H and O–H groups in total. The zero-order chi connectivity index (χ0) is 20.4. The van der Waals surface area contributed by atoms with Crippen molar-refractivity contribution in [3.05, 3.63) is 71.7 Å². The molecular weight excluding hydrogens is 373 g/mol. The Hall–Kier alpha value is -3.94. The van der Waals surface area contributed by atoms with E-state index in [0.717, 1.165) is 27.7 Å². The van der Waals surface area contributed by atoms with Crippen molar-refractivity contribution in [2.75, 3.05) is 5.32 Å². The maximum absolute atomic E-state index is 13.3. The molecule has 0 unspecified atom stereocenters. The number of anilines is 1. The third-order valence-electron chi connectivity index (χ3n) is 4.66. The fourth-order valence-corrected chi connectivity index (χ4v) is 3.28. The van der Waals surface area contributed by atoms with Crippen molar-refractivity contribution in [1.82, 2.24) is 15.2 Å². The van der Waals surface area contributed by atoms with Crippen LogP contribution in [0.1, 0.15) is 22.5 Å². The van der Waals surface area contributed by atoms with Crippen LogP contribution in [0.2, 0.25) is 0 Å². The number of benzene rings is 2. The van der Waals surface area contributed by atoms with E-state index in [1.165, 1.54) is 18.2 Å². The molecule has 0 saturated heterocycles. The largest absolute Gasteiger partial charge is 0.364 e. The number of carbonyl (C=O) groups is 2. The quantitative estimate of drug-likeness (QED) is 0.404. The standard InChI is InChI=1S/C21H18FN5O2/c22-13-7-5-12(6-8-13)20-15(14-3-1-2-4-16(14)24-20)9-10-19(28)25-18-11-17(21(23)29)26-27-18/h1-8,11,24H,9-10H2,(H2,23,29)(H2,25,26,27,28). The second-order valence-corrected chi connectivity index (χ2v) is 6.61. The van der Waals surface area contributed by atoms with Gasteiger partial charge in [0.2, 0.25) is 5.91 Å². The van der Waals surface area contributed by atoms with Crippen LogP contribution in [0.5, 0.6) is 0 Å². The molecule has 146 valence electrons. The number of nitrogens with two attached hydrogens (primary N) is 1. The number of aromatic nitrogens is 3. The number of nitrogens with zero attached hydrogens (tertiary/aromatic N) is 1. The highest BCUT2D eigenvalue weighted by Crippen LogP contribution is 2.31. The Morgan fingerprint density at radius 1 is 1.10 bits per heavy atom. The Balaban J connectivity index is 1.56. The van der Waals surface area contributed by atoms with Gasteiger partial charge in [0.05, 0.1) is 0 Å². The summed E-state index contributed by atoms with van der Waals surface area (Å²) in [6, 6.07) is 15.4. The van der Waals surface area contributed by atoms with Crippen LogP contribution >= 0.6 is 0 Å². The monoisotopic (exact) mass is 391 g/mol. The van der Waals surface area contributed by atoms with E-state index in [1.807, 2.05) is 24.3 Å². The number of aryl methyl sites for hydroxylation is 1. The normalized spacial score (nSPS) is 10.9. The lowest BCUT2D eigenvalue weighted by molar-refractivity contribution is -0.116. The molecule has 0 saturated carbocycles. The van der Waals surface area contributed by atoms with Crippen LogP contribution in [0, 0.1) is 5.82 Å². The summed E-state index contributed by atoms with van der Waals surface area (Å²) in [7, 11) is 0. The van der Waals surface area contributed by atoms with Gasteiger partial charge >= 0.3 is 0 Å². The highest BCUT2D eigenvalue weighted by molar-refractivity contribution is 5.95. The molecule has 8 heteroatoms. The van der Waals surface area contributed by atoms with Gasteiger partial charge in [0.25, 0.3) is 5.91 Å². The Morgan fingerprint density at radius 3 is 2.59 bits per heavy atom. The van der Waals surface area contributed by atoms with Crippen molar-refractivity contribution in [3.63, 3.8) is 0 Å². The second kappa shape index (κ2) is 7.59. The summed E-state index contributed by atoms with van der Waals surface area (Å²) in [6.45, 7) is 0. The van der Waals surface area contributed by atoms with E-state index in [0.29, 0.717) is 6.42 Å². The first kappa shape index (κ1) is 18.4. The zero-order valence-corrected chi connectivity index (χ0v) is 15.3. The van der Waals surface area contributed by atoms with E-state index < -0.39 is 5.91 Å². The molecule has 2 heterocycles. The predicted octanol–water partition coefficient (Wildman–Crippen LogP) is 3.37. The fraction of sp³-hybridized carbons (Fsp3) is 0.0952. The molecule has 0 atom stereocenters. The van der Waals surface area contributed by atoms with Crippen LogP contribution in [0.3, 0.4) is 0 Å². The highest BCUT2D eigenvalue weighted by Gasteiger charge is 2.15. The number of nitrogens with one attached hydrogen (secondary N) is 3. The van der Waals surface area contributed by atoms with Crippen LogP contribution in [0.25, 0.3) is 22.2 Å². The fourth-order valence-electron chi connectivity index (χ4n) is 3.28. The number of para-hydroxylation sites is 1. The molecule has 7 nitrogen and oxygen atoms in total. The summed E-state index contributed by atoms with van der Waals surface area (Å²) in [4.78, 5) is 26.9. The molecule has 29 heavy (non-hydrogen) atoms. The number of fused-ring (bicyclic) bond motifs is 1. The lowest BCUT2D eigenvalue weighted by Gasteiger charge is -2.06. The van der Waals surface area contributed by atoms with Crippen molar-refractivity contribution in [2.24, 2.45) is 5.73 Å². The first-order valence-corrected chi connectivity index (χ1v) is 9.02. The van der Waals surface area contributed by atoms with Gasteiger partial charge in [-0.2, -0.15) is 5.10 Å². The van der Waals surface area contributed by atoms with Crippen LogP contribution in [-0.4, -0.2) is 27.0 Å². The lowest BCUT2D eigenvalue weighted by Crippen LogP contribution is -2.13. The van der Waals surface area contributed by atoms with Gasteiger partial charge in [-0.3, -0.25) is 14.7 Å². The minimum absolute atomic E-state index is 0.121. The number of primary amides is 1. The molecule has 0 fully saturated rings. The van der Waals surface area contributed by atoms with E-state index >= 15 is 0 Å². The summed E-state index contributed by atoms with van der Waals surface area (Å²) < 4.78 is 13.3. The number of aromatic amines is 2. The van der Waals surface area contributed by atoms with E-state index in [9.17, 15) is 14.0 Å². The molecule has 4 aromatic rings. The maximum atomic E-state index is 13.3. The molecular formula is C21H18FN5O2. The van der Waals surface area contributed by atoms with Crippen LogP contribution < -0.4 is 11.1 Å². The van der Waals surface area contributed by atoms with Gasteiger partial charge in [-0.15, -0.1) is 0 Å². The SMILES string of the molecule is NC(=O)c1cc(NC(=O)CCc2c(-c3ccc(F)cc3)[nH]c3ccccc23)n[nH]1. The van der Waals surface area contributed by atoms with Gasteiger partial charge < -0.3 is 16.0 Å². The Kier molecular flexibility index (Phi) is 4.82. The van der Waals surface area contributed by atoms with Crippen molar-refractivity contribution in [3.8, 4) is 11.3 Å². The topological polar surface area (TPSA) is 117 Å². The van der Waals surface area contributed by atoms with Gasteiger partial charge in [0, 0.05) is 29.1 Å². The van der Waals surface area contributed by atoms with E-state index in [4.69, 9.17) is 5.73 Å². The molecule has 4 rings (SSSR count). The first-order chi connectivity index (χ1) is 14.0. The van der Waals surface area contributed by atoms with Gasteiger partial charge in [0.15, 0.2) is 5.82 Å². The number of hydrogen-bond donors (Lipinski definition) is 4. The van der Waals surface area contributed by atoms with Gasteiger partial charge in [-0.1, -0.05) is 18.2 Å². The van der Waals surface area contributed by atoms with Crippen molar-refractivity contribution >= 4 is 28.5 Å². The summed E-state index contributed by atoms with van der Waals surface area (Å²) in [6.07, 6.45) is 0.671. The molecule has 0 radical (unpaired) electrons. The zero-order valence-electron chi connectivity index (χ0n) is 15.3.